The molecule has 0 aliphatic carbocycles. The lowest BCUT2D eigenvalue weighted by Gasteiger charge is -2.35. The van der Waals surface area contributed by atoms with Gasteiger partial charge < -0.3 is 15.1 Å². The highest BCUT2D eigenvalue weighted by molar-refractivity contribution is 14.1. The first-order valence-corrected chi connectivity index (χ1v) is 9.54. The molecule has 0 spiro atoms. The zero-order chi connectivity index (χ0) is 17.8. The first-order chi connectivity index (χ1) is 12.1. The van der Waals surface area contributed by atoms with E-state index in [1.807, 2.05) is 49.1 Å². The zero-order valence-electron chi connectivity index (χ0n) is 14.5. The van der Waals surface area contributed by atoms with Crippen LogP contribution in [-0.4, -0.2) is 53.5 Å². The third-order valence-corrected chi connectivity index (χ3v) is 4.81. The molecule has 2 heterocycles. The molecule has 25 heavy (non-hydrogen) atoms. The van der Waals surface area contributed by atoms with Gasteiger partial charge in [0.2, 0.25) is 5.95 Å². The summed E-state index contributed by atoms with van der Waals surface area (Å²) in [7, 11) is 0. The molecule has 0 unspecified atom stereocenters. The maximum Gasteiger partial charge on any atom is 0.254 e. The van der Waals surface area contributed by atoms with Gasteiger partial charge in [-0.05, 0) is 54.6 Å². The van der Waals surface area contributed by atoms with Gasteiger partial charge in [0.25, 0.3) is 5.91 Å². The van der Waals surface area contributed by atoms with Gasteiger partial charge in [-0.2, -0.15) is 4.98 Å². The fourth-order valence-electron chi connectivity index (χ4n) is 2.89. The van der Waals surface area contributed by atoms with Crippen molar-refractivity contribution in [3.63, 3.8) is 0 Å². The van der Waals surface area contributed by atoms with E-state index >= 15 is 0 Å². The van der Waals surface area contributed by atoms with Crippen molar-refractivity contribution in [2.24, 2.45) is 0 Å². The Balaban J connectivity index is 1.66. The van der Waals surface area contributed by atoms with E-state index in [1.165, 1.54) is 0 Å². The molecular formula is C18H22IN5O. The molecule has 6 nitrogen and oxygen atoms in total. The molecule has 0 atom stereocenters. The number of amides is 1. The van der Waals surface area contributed by atoms with E-state index in [-0.39, 0.29) is 5.91 Å². The summed E-state index contributed by atoms with van der Waals surface area (Å²) in [6.45, 7) is 7.74. The summed E-state index contributed by atoms with van der Waals surface area (Å²) in [5.74, 6) is 1.69. The number of aryl methyl sites for hydroxylation is 1. The molecule has 3 rings (SSSR count). The number of hydrogen-bond donors (Lipinski definition) is 1. The van der Waals surface area contributed by atoms with Gasteiger partial charge in [0.05, 0.1) is 0 Å². The van der Waals surface area contributed by atoms with E-state index in [0.29, 0.717) is 19.0 Å². The number of carbonyl (C=O) groups excluding carboxylic acids is 1. The number of rotatable bonds is 4. The number of hydrogen-bond acceptors (Lipinski definition) is 5. The van der Waals surface area contributed by atoms with Crippen molar-refractivity contribution < 1.29 is 4.79 Å². The number of piperazine rings is 1. The van der Waals surface area contributed by atoms with Crippen molar-refractivity contribution in [2.45, 2.75) is 13.8 Å². The van der Waals surface area contributed by atoms with Gasteiger partial charge >= 0.3 is 0 Å². The van der Waals surface area contributed by atoms with Gasteiger partial charge in [0.1, 0.15) is 5.82 Å². The number of anilines is 2. The molecule has 7 heteroatoms. The Morgan fingerprint density at radius 3 is 2.64 bits per heavy atom. The molecule has 0 bridgehead atoms. The van der Waals surface area contributed by atoms with E-state index in [0.717, 1.165) is 40.3 Å². The molecule has 1 aliphatic heterocycles. The minimum absolute atomic E-state index is 0.102. The highest BCUT2D eigenvalue weighted by Gasteiger charge is 2.23. The van der Waals surface area contributed by atoms with Crippen LogP contribution >= 0.6 is 22.6 Å². The summed E-state index contributed by atoms with van der Waals surface area (Å²) < 4.78 is 1.08. The van der Waals surface area contributed by atoms with Crippen LogP contribution in [-0.2, 0) is 0 Å². The minimum atomic E-state index is 0.102. The van der Waals surface area contributed by atoms with Crippen LogP contribution in [0.5, 0.6) is 0 Å². The van der Waals surface area contributed by atoms with E-state index < -0.39 is 0 Å². The summed E-state index contributed by atoms with van der Waals surface area (Å²) >= 11 is 2.23. The molecule has 1 amide bonds. The smallest absolute Gasteiger partial charge is 0.254 e. The zero-order valence-corrected chi connectivity index (χ0v) is 16.7. The third-order valence-electron chi connectivity index (χ3n) is 4.14. The van der Waals surface area contributed by atoms with Crippen molar-refractivity contribution in [1.29, 1.82) is 0 Å². The number of nitrogens with zero attached hydrogens (tertiary/aromatic N) is 4. The van der Waals surface area contributed by atoms with Crippen molar-refractivity contribution in [1.82, 2.24) is 14.9 Å². The number of benzene rings is 1. The monoisotopic (exact) mass is 451 g/mol. The van der Waals surface area contributed by atoms with Crippen LogP contribution in [0.3, 0.4) is 0 Å². The van der Waals surface area contributed by atoms with Gasteiger partial charge in [-0.3, -0.25) is 4.79 Å². The average Bonchev–Trinajstić information content (AvgIpc) is 2.61. The standard InChI is InChI=1S/C18H22IN5O/c1-3-20-18-21-13(2)11-16(22-18)23-7-9-24(10-8-23)17(25)14-5-4-6-15(19)12-14/h4-6,11-12H,3,7-10H2,1-2H3,(H,20,21,22). The number of carbonyl (C=O) groups is 1. The van der Waals surface area contributed by atoms with Crippen LogP contribution in [0.4, 0.5) is 11.8 Å². The number of halogens is 1. The second kappa shape index (κ2) is 7.99. The maximum atomic E-state index is 12.7. The molecule has 1 aromatic heterocycles. The van der Waals surface area contributed by atoms with Crippen molar-refractivity contribution in [3.05, 3.63) is 45.2 Å². The Hall–Kier alpha value is -1.90. The summed E-state index contributed by atoms with van der Waals surface area (Å²) in [6.07, 6.45) is 0. The molecule has 1 aromatic carbocycles. The largest absolute Gasteiger partial charge is 0.354 e. The summed E-state index contributed by atoms with van der Waals surface area (Å²) in [4.78, 5) is 25.8. The van der Waals surface area contributed by atoms with Crippen LogP contribution in [0.15, 0.2) is 30.3 Å². The van der Waals surface area contributed by atoms with Gasteiger partial charge in [-0.1, -0.05) is 6.07 Å². The fourth-order valence-corrected chi connectivity index (χ4v) is 3.44. The Morgan fingerprint density at radius 1 is 1.20 bits per heavy atom. The molecule has 1 saturated heterocycles. The molecule has 0 radical (unpaired) electrons. The van der Waals surface area contributed by atoms with E-state index in [9.17, 15) is 4.79 Å². The number of nitrogens with one attached hydrogen (secondary N) is 1. The summed E-state index contributed by atoms with van der Waals surface area (Å²) in [5.41, 5.74) is 1.70. The normalized spacial score (nSPS) is 14.5. The Labute approximate surface area is 161 Å². The third kappa shape index (κ3) is 4.39. The number of aromatic nitrogens is 2. The predicted octanol–water partition coefficient (Wildman–Crippen LogP) is 2.78. The first kappa shape index (κ1) is 17.9. The molecule has 1 aliphatic rings. The van der Waals surface area contributed by atoms with Gasteiger partial charge in [-0.25, -0.2) is 4.98 Å². The first-order valence-electron chi connectivity index (χ1n) is 8.46. The predicted molar refractivity (Wildman–Crippen MR) is 108 cm³/mol. The molecule has 1 fully saturated rings. The molecule has 132 valence electrons. The van der Waals surface area contributed by atoms with Gasteiger partial charge in [0, 0.05) is 53.6 Å². The average molecular weight is 451 g/mol. The SMILES string of the molecule is CCNc1nc(C)cc(N2CCN(C(=O)c3cccc(I)c3)CC2)n1. The van der Waals surface area contributed by atoms with Gasteiger partial charge in [-0.15, -0.1) is 0 Å². The van der Waals surface area contributed by atoms with E-state index in [4.69, 9.17) is 0 Å². The van der Waals surface area contributed by atoms with Crippen molar-refractivity contribution in [2.75, 3.05) is 42.9 Å². The topological polar surface area (TPSA) is 61.4 Å². The lowest BCUT2D eigenvalue weighted by atomic mass is 10.2. The van der Waals surface area contributed by atoms with E-state index in [2.05, 4.69) is 42.8 Å². The molecule has 1 N–H and O–H groups in total. The lowest BCUT2D eigenvalue weighted by Crippen LogP contribution is -2.49. The molecule has 2 aromatic rings. The van der Waals surface area contributed by atoms with Crippen molar-refractivity contribution in [3.8, 4) is 0 Å². The highest BCUT2D eigenvalue weighted by Crippen LogP contribution is 2.18. The van der Waals surface area contributed by atoms with Gasteiger partial charge in [0.15, 0.2) is 0 Å². The van der Waals surface area contributed by atoms with E-state index in [1.54, 1.807) is 0 Å². The quantitative estimate of drug-likeness (QED) is 0.725. The Bertz CT molecular complexity index is 759. The summed E-state index contributed by atoms with van der Waals surface area (Å²) in [5, 5.41) is 3.17. The summed E-state index contributed by atoms with van der Waals surface area (Å²) in [6, 6.07) is 9.74. The Morgan fingerprint density at radius 2 is 1.96 bits per heavy atom. The highest BCUT2D eigenvalue weighted by atomic mass is 127. The van der Waals surface area contributed by atoms with Crippen LogP contribution in [0.1, 0.15) is 23.0 Å². The molecular weight excluding hydrogens is 429 g/mol. The van der Waals surface area contributed by atoms with Crippen LogP contribution in [0, 0.1) is 10.5 Å². The second-order valence-electron chi connectivity index (χ2n) is 6.01. The minimum Gasteiger partial charge on any atom is -0.354 e. The lowest BCUT2D eigenvalue weighted by molar-refractivity contribution is 0.0746. The van der Waals surface area contributed by atoms with Crippen LogP contribution < -0.4 is 10.2 Å². The van der Waals surface area contributed by atoms with Crippen molar-refractivity contribution >= 4 is 40.3 Å². The maximum absolute atomic E-state index is 12.7. The van der Waals surface area contributed by atoms with Crippen LogP contribution in [0.2, 0.25) is 0 Å². The van der Waals surface area contributed by atoms with Crippen LogP contribution in [0.25, 0.3) is 0 Å². The molecule has 0 saturated carbocycles. The Kier molecular flexibility index (Phi) is 5.72. The second-order valence-corrected chi connectivity index (χ2v) is 7.26. The fraction of sp³-hybridized carbons (Fsp3) is 0.389.